The Morgan fingerprint density at radius 3 is 2.70 bits per heavy atom. The predicted octanol–water partition coefficient (Wildman–Crippen LogP) is 3.16. The van der Waals surface area contributed by atoms with Crippen LogP contribution in [0.1, 0.15) is 0 Å². The van der Waals surface area contributed by atoms with Gasteiger partial charge in [-0.2, -0.15) is 0 Å². The molecule has 0 aliphatic heterocycles. The number of fused-ring (bicyclic) bond motifs is 1. The molecule has 0 amide bonds. The van der Waals surface area contributed by atoms with Gasteiger partial charge in [0.15, 0.2) is 5.11 Å². The predicted molar refractivity (Wildman–Crippen MR) is 97.6 cm³/mol. The Hall–Kier alpha value is -2.44. The van der Waals surface area contributed by atoms with Gasteiger partial charge in [0.2, 0.25) is 0 Å². The summed E-state index contributed by atoms with van der Waals surface area (Å²) in [5.41, 5.74) is 3.96. The lowest BCUT2D eigenvalue weighted by molar-refractivity contribution is 0.204. The number of anilines is 1. The van der Waals surface area contributed by atoms with Crippen LogP contribution in [0.25, 0.3) is 22.4 Å². The van der Waals surface area contributed by atoms with Crippen LogP contribution in [0.15, 0.2) is 48.5 Å². The van der Waals surface area contributed by atoms with Crippen molar-refractivity contribution in [3.05, 3.63) is 48.5 Å². The number of H-pyrrole nitrogens is 1. The minimum absolute atomic E-state index is 0.582. The van der Waals surface area contributed by atoms with E-state index < -0.39 is 0 Å². The molecule has 1 aromatic heterocycles. The molecule has 0 aliphatic carbocycles. The van der Waals surface area contributed by atoms with Gasteiger partial charge < -0.3 is 20.4 Å². The van der Waals surface area contributed by atoms with Crippen molar-refractivity contribution in [2.45, 2.75) is 0 Å². The maximum atomic E-state index is 5.22. The van der Waals surface area contributed by atoms with E-state index in [-0.39, 0.29) is 0 Å². The zero-order valence-corrected chi connectivity index (χ0v) is 13.6. The maximum Gasteiger partial charge on any atom is 0.170 e. The van der Waals surface area contributed by atoms with Crippen LogP contribution in [-0.4, -0.2) is 35.3 Å². The second kappa shape index (κ2) is 7.21. The molecule has 0 aliphatic rings. The van der Waals surface area contributed by atoms with Gasteiger partial charge in [0.25, 0.3) is 0 Å². The van der Waals surface area contributed by atoms with E-state index in [0.717, 1.165) is 28.1 Å². The molecule has 118 valence electrons. The smallest absolute Gasteiger partial charge is 0.170 e. The van der Waals surface area contributed by atoms with Crippen LogP contribution in [0.3, 0.4) is 0 Å². The molecule has 0 radical (unpaired) electrons. The van der Waals surface area contributed by atoms with Gasteiger partial charge in [0.1, 0.15) is 5.82 Å². The van der Waals surface area contributed by atoms with Crippen LogP contribution in [0.2, 0.25) is 0 Å². The van der Waals surface area contributed by atoms with Crippen LogP contribution >= 0.6 is 12.2 Å². The van der Waals surface area contributed by atoms with Gasteiger partial charge in [-0.1, -0.05) is 12.1 Å². The molecule has 1 heterocycles. The Bertz CT molecular complexity index is 765. The average Bonchev–Trinajstić information content (AvgIpc) is 3.00. The van der Waals surface area contributed by atoms with E-state index in [1.807, 2.05) is 48.5 Å². The molecular weight excluding hydrogens is 308 g/mol. The molecule has 0 atom stereocenters. The number of thiocarbonyl (C=S) groups is 1. The van der Waals surface area contributed by atoms with E-state index in [4.69, 9.17) is 17.0 Å². The van der Waals surface area contributed by atoms with Gasteiger partial charge in [0.05, 0.1) is 17.6 Å². The molecule has 3 rings (SSSR count). The molecule has 0 unspecified atom stereocenters. The summed E-state index contributed by atoms with van der Waals surface area (Å²) in [5.74, 6) is 0.860. The summed E-state index contributed by atoms with van der Waals surface area (Å²) < 4.78 is 4.97. The molecule has 0 fully saturated rings. The minimum atomic E-state index is 0.582. The molecule has 0 saturated heterocycles. The fraction of sp³-hybridized carbons (Fsp3) is 0.176. The van der Waals surface area contributed by atoms with Crippen LogP contribution in [0.4, 0.5) is 5.69 Å². The lowest BCUT2D eigenvalue weighted by atomic mass is 10.2. The van der Waals surface area contributed by atoms with Gasteiger partial charge in [-0.3, -0.25) is 0 Å². The molecule has 6 heteroatoms. The molecular formula is C17H18N4OS. The van der Waals surface area contributed by atoms with Crippen molar-refractivity contribution in [1.82, 2.24) is 15.3 Å². The molecule has 0 spiro atoms. The highest BCUT2D eigenvalue weighted by Crippen LogP contribution is 2.21. The number of aromatic nitrogens is 2. The first-order valence-corrected chi connectivity index (χ1v) is 7.76. The third-order valence-electron chi connectivity index (χ3n) is 3.40. The number of imidazole rings is 1. The van der Waals surface area contributed by atoms with Gasteiger partial charge >= 0.3 is 0 Å². The van der Waals surface area contributed by atoms with Gasteiger partial charge in [-0.15, -0.1) is 0 Å². The first-order valence-electron chi connectivity index (χ1n) is 7.35. The Kier molecular flexibility index (Phi) is 4.85. The van der Waals surface area contributed by atoms with Crippen molar-refractivity contribution in [3.8, 4) is 11.4 Å². The number of ether oxygens (including phenoxy) is 1. The number of nitrogens with one attached hydrogen (secondary N) is 3. The number of para-hydroxylation sites is 2. The third-order valence-corrected chi connectivity index (χ3v) is 3.64. The average molecular weight is 326 g/mol. The van der Waals surface area contributed by atoms with Crippen LogP contribution in [0.5, 0.6) is 0 Å². The maximum absolute atomic E-state index is 5.22. The first-order chi connectivity index (χ1) is 11.3. The summed E-state index contributed by atoms with van der Waals surface area (Å²) >= 11 is 5.22. The quantitative estimate of drug-likeness (QED) is 0.496. The Morgan fingerprint density at radius 2 is 1.96 bits per heavy atom. The summed E-state index contributed by atoms with van der Waals surface area (Å²) in [7, 11) is 1.66. The van der Waals surface area contributed by atoms with Crippen LogP contribution in [0, 0.1) is 0 Å². The van der Waals surface area contributed by atoms with Crippen molar-refractivity contribution >= 4 is 34.1 Å². The summed E-state index contributed by atoms with van der Waals surface area (Å²) in [6.45, 7) is 1.30. The molecule has 3 aromatic rings. The van der Waals surface area contributed by atoms with Crippen molar-refractivity contribution in [3.63, 3.8) is 0 Å². The summed E-state index contributed by atoms with van der Waals surface area (Å²) in [5, 5.41) is 6.80. The lowest BCUT2D eigenvalue weighted by Crippen LogP contribution is -2.31. The molecule has 2 aromatic carbocycles. The van der Waals surface area contributed by atoms with Gasteiger partial charge in [-0.25, -0.2) is 4.98 Å². The molecule has 3 N–H and O–H groups in total. The van der Waals surface area contributed by atoms with Crippen LogP contribution in [-0.2, 0) is 4.74 Å². The Balaban J connectivity index is 1.68. The van der Waals surface area contributed by atoms with E-state index in [2.05, 4.69) is 20.6 Å². The monoisotopic (exact) mass is 326 g/mol. The van der Waals surface area contributed by atoms with E-state index in [0.29, 0.717) is 18.3 Å². The SMILES string of the molecule is COCCNC(=S)Nc1ccc(-c2nc3ccccc3[nH]2)cc1. The van der Waals surface area contributed by atoms with E-state index in [1.54, 1.807) is 7.11 Å². The summed E-state index contributed by atoms with van der Waals surface area (Å²) in [4.78, 5) is 7.92. The number of hydrogen-bond acceptors (Lipinski definition) is 3. The molecule has 5 nitrogen and oxygen atoms in total. The first kappa shape index (κ1) is 15.5. The summed E-state index contributed by atoms with van der Waals surface area (Å²) in [6, 6.07) is 16.0. The van der Waals surface area contributed by atoms with Crippen LogP contribution < -0.4 is 10.6 Å². The minimum Gasteiger partial charge on any atom is -0.383 e. The number of aromatic amines is 1. The number of nitrogens with zero attached hydrogens (tertiary/aromatic N) is 1. The Labute approximate surface area is 140 Å². The number of hydrogen-bond donors (Lipinski definition) is 3. The second-order valence-electron chi connectivity index (χ2n) is 5.05. The van der Waals surface area contributed by atoms with E-state index in [1.165, 1.54) is 0 Å². The fourth-order valence-corrected chi connectivity index (χ4v) is 2.46. The zero-order chi connectivity index (χ0) is 16.1. The van der Waals surface area contributed by atoms with Gasteiger partial charge in [0, 0.05) is 24.9 Å². The second-order valence-corrected chi connectivity index (χ2v) is 5.46. The van der Waals surface area contributed by atoms with Crippen molar-refractivity contribution in [1.29, 1.82) is 0 Å². The zero-order valence-electron chi connectivity index (χ0n) is 12.8. The van der Waals surface area contributed by atoms with Gasteiger partial charge in [-0.05, 0) is 48.6 Å². The summed E-state index contributed by atoms with van der Waals surface area (Å²) in [6.07, 6.45) is 0. The van der Waals surface area contributed by atoms with Crippen molar-refractivity contribution in [2.24, 2.45) is 0 Å². The molecule has 0 bridgehead atoms. The standard InChI is InChI=1S/C17H18N4OS/c1-22-11-10-18-17(23)19-13-8-6-12(7-9-13)16-20-14-4-2-3-5-15(14)21-16/h2-9H,10-11H2,1H3,(H,20,21)(H2,18,19,23). The normalized spacial score (nSPS) is 10.7. The molecule has 23 heavy (non-hydrogen) atoms. The van der Waals surface area contributed by atoms with E-state index in [9.17, 15) is 0 Å². The van der Waals surface area contributed by atoms with Crippen molar-refractivity contribution < 1.29 is 4.74 Å². The topological polar surface area (TPSA) is 62.0 Å². The fourth-order valence-electron chi connectivity index (χ4n) is 2.24. The van der Waals surface area contributed by atoms with E-state index >= 15 is 0 Å². The lowest BCUT2D eigenvalue weighted by Gasteiger charge is -2.10. The number of rotatable bonds is 5. The van der Waals surface area contributed by atoms with Crippen molar-refractivity contribution in [2.75, 3.05) is 25.6 Å². The Morgan fingerprint density at radius 1 is 1.17 bits per heavy atom. The largest absolute Gasteiger partial charge is 0.383 e. The number of methoxy groups -OCH3 is 1. The highest BCUT2D eigenvalue weighted by molar-refractivity contribution is 7.80. The highest BCUT2D eigenvalue weighted by Gasteiger charge is 2.05. The highest BCUT2D eigenvalue weighted by atomic mass is 32.1. The molecule has 0 saturated carbocycles. The number of benzene rings is 2. The third kappa shape index (κ3) is 3.85.